The van der Waals surface area contributed by atoms with Crippen molar-refractivity contribution in [1.82, 2.24) is 16.0 Å². The number of rotatable bonds is 7. The van der Waals surface area contributed by atoms with Gasteiger partial charge in [0.1, 0.15) is 5.82 Å². The molecule has 0 fully saturated rings. The topological polar surface area (TPSA) is 65.5 Å². The Morgan fingerprint density at radius 3 is 2.36 bits per heavy atom. The maximum absolute atomic E-state index is 13.8. The molecule has 150 valence electrons. The molecule has 0 saturated carbocycles. The minimum absolute atomic E-state index is 0.0771. The Kier molecular flexibility index (Phi) is 7.99. The Morgan fingerprint density at radius 2 is 1.75 bits per heavy atom. The third kappa shape index (κ3) is 6.08. The first-order valence-corrected chi connectivity index (χ1v) is 9.62. The first-order valence-electron chi connectivity index (χ1n) is 9.62. The second kappa shape index (κ2) is 10.4. The van der Waals surface area contributed by atoms with Crippen molar-refractivity contribution in [2.45, 2.75) is 40.3 Å². The highest BCUT2D eigenvalue weighted by molar-refractivity contribution is 5.94. The average Bonchev–Trinajstić information content (AvgIpc) is 2.69. The number of nitrogens with one attached hydrogen (secondary N) is 3. The Labute approximate surface area is 166 Å². The molecule has 0 radical (unpaired) electrons. The van der Waals surface area contributed by atoms with E-state index in [-0.39, 0.29) is 17.8 Å². The zero-order chi connectivity index (χ0) is 20.5. The lowest BCUT2D eigenvalue weighted by atomic mass is 10.1. The van der Waals surface area contributed by atoms with Gasteiger partial charge in [0.25, 0.3) is 5.91 Å². The highest BCUT2D eigenvalue weighted by atomic mass is 19.1. The Balaban J connectivity index is 2.05. The molecule has 6 heteroatoms. The normalized spacial score (nSPS) is 12.4. The second-order valence-electron chi connectivity index (χ2n) is 6.63. The monoisotopic (exact) mass is 384 g/mol. The fourth-order valence-corrected chi connectivity index (χ4v) is 2.68. The SMILES string of the molecule is CCNC(=O)c1ccc(CN=C(NCC)NC(C)c2ccc(C)c(F)c2)cc1. The first-order chi connectivity index (χ1) is 13.4. The summed E-state index contributed by atoms with van der Waals surface area (Å²) in [6.07, 6.45) is 0. The van der Waals surface area contributed by atoms with E-state index < -0.39 is 0 Å². The molecular weight excluding hydrogens is 355 g/mol. The summed E-state index contributed by atoms with van der Waals surface area (Å²) >= 11 is 0. The number of amides is 1. The van der Waals surface area contributed by atoms with Crippen molar-refractivity contribution in [2.75, 3.05) is 13.1 Å². The summed E-state index contributed by atoms with van der Waals surface area (Å²) in [5.41, 5.74) is 3.13. The van der Waals surface area contributed by atoms with Gasteiger partial charge in [-0.25, -0.2) is 9.38 Å². The summed E-state index contributed by atoms with van der Waals surface area (Å²) in [5, 5.41) is 9.29. The largest absolute Gasteiger partial charge is 0.357 e. The molecule has 0 saturated heterocycles. The van der Waals surface area contributed by atoms with Gasteiger partial charge >= 0.3 is 0 Å². The number of hydrogen-bond donors (Lipinski definition) is 3. The molecule has 3 N–H and O–H groups in total. The van der Waals surface area contributed by atoms with Crippen LogP contribution in [0, 0.1) is 12.7 Å². The lowest BCUT2D eigenvalue weighted by Crippen LogP contribution is -2.38. The predicted octanol–water partition coefficient (Wildman–Crippen LogP) is 3.70. The molecule has 0 heterocycles. The maximum Gasteiger partial charge on any atom is 0.251 e. The van der Waals surface area contributed by atoms with Gasteiger partial charge in [0.2, 0.25) is 0 Å². The quantitative estimate of drug-likeness (QED) is 0.504. The van der Waals surface area contributed by atoms with Crippen LogP contribution < -0.4 is 16.0 Å². The zero-order valence-electron chi connectivity index (χ0n) is 17.0. The van der Waals surface area contributed by atoms with Crippen LogP contribution in [-0.2, 0) is 6.54 Å². The van der Waals surface area contributed by atoms with Crippen LogP contribution in [0.3, 0.4) is 0 Å². The maximum atomic E-state index is 13.8. The van der Waals surface area contributed by atoms with Crippen molar-refractivity contribution in [3.05, 3.63) is 70.5 Å². The molecule has 0 bridgehead atoms. The smallest absolute Gasteiger partial charge is 0.251 e. The number of aryl methyl sites for hydroxylation is 1. The molecule has 1 unspecified atom stereocenters. The van der Waals surface area contributed by atoms with Gasteiger partial charge in [-0.15, -0.1) is 0 Å². The number of carbonyl (C=O) groups is 1. The van der Waals surface area contributed by atoms with Crippen LogP contribution in [0.5, 0.6) is 0 Å². The van der Waals surface area contributed by atoms with Crippen molar-refractivity contribution >= 4 is 11.9 Å². The summed E-state index contributed by atoms with van der Waals surface area (Å²) in [5.74, 6) is 0.371. The van der Waals surface area contributed by atoms with E-state index in [1.54, 1.807) is 31.2 Å². The number of halogens is 1. The van der Waals surface area contributed by atoms with Crippen molar-refractivity contribution in [3.63, 3.8) is 0 Å². The van der Waals surface area contributed by atoms with E-state index in [0.717, 1.165) is 17.7 Å². The summed E-state index contributed by atoms with van der Waals surface area (Å²) in [4.78, 5) is 16.4. The van der Waals surface area contributed by atoms with Crippen LogP contribution in [0.25, 0.3) is 0 Å². The standard InChI is InChI=1S/C22H29FN4O/c1-5-24-21(28)18-11-8-17(9-12-18)14-26-22(25-6-2)27-16(4)19-10-7-15(3)20(23)13-19/h7-13,16H,5-6,14H2,1-4H3,(H,24,28)(H2,25,26,27). The molecule has 28 heavy (non-hydrogen) atoms. The number of carbonyl (C=O) groups excluding carboxylic acids is 1. The van der Waals surface area contributed by atoms with Gasteiger partial charge < -0.3 is 16.0 Å². The molecule has 2 aromatic carbocycles. The van der Waals surface area contributed by atoms with E-state index >= 15 is 0 Å². The highest BCUT2D eigenvalue weighted by Gasteiger charge is 2.10. The van der Waals surface area contributed by atoms with Crippen molar-refractivity contribution in [3.8, 4) is 0 Å². The van der Waals surface area contributed by atoms with Gasteiger partial charge in [-0.2, -0.15) is 0 Å². The van der Waals surface area contributed by atoms with Crippen molar-refractivity contribution in [1.29, 1.82) is 0 Å². The lowest BCUT2D eigenvalue weighted by Gasteiger charge is -2.18. The summed E-state index contributed by atoms with van der Waals surface area (Å²) in [6, 6.07) is 12.6. The highest BCUT2D eigenvalue weighted by Crippen LogP contribution is 2.16. The van der Waals surface area contributed by atoms with E-state index in [0.29, 0.717) is 30.2 Å². The summed E-state index contributed by atoms with van der Waals surface area (Å²) in [6.45, 7) is 9.40. The van der Waals surface area contributed by atoms with E-state index in [4.69, 9.17) is 0 Å². The van der Waals surface area contributed by atoms with Gasteiger partial charge in [0.15, 0.2) is 5.96 Å². The van der Waals surface area contributed by atoms with Crippen LogP contribution >= 0.6 is 0 Å². The van der Waals surface area contributed by atoms with E-state index in [2.05, 4.69) is 20.9 Å². The van der Waals surface area contributed by atoms with E-state index in [1.165, 1.54) is 0 Å². The molecule has 0 spiro atoms. The third-order valence-electron chi connectivity index (χ3n) is 4.37. The van der Waals surface area contributed by atoms with Gasteiger partial charge in [-0.3, -0.25) is 4.79 Å². The molecule has 2 aromatic rings. The minimum atomic E-state index is -0.208. The van der Waals surface area contributed by atoms with Crippen LogP contribution in [0.1, 0.15) is 53.9 Å². The molecule has 0 aliphatic heterocycles. The van der Waals surface area contributed by atoms with Gasteiger partial charge in [0, 0.05) is 18.7 Å². The lowest BCUT2D eigenvalue weighted by molar-refractivity contribution is 0.0956. The fraction of sp³-hybridized carbons (Fsp3) is 0.364. The summed E-state index contributed by atoms with van der Waals surface area (Å²) < 4.78 is 13.8. The van der Waals surface area contributed by atoms with Gasteiger partial charge in [-0.05, 0) is 62.6 Å². The molecular formula is C22H29FN4O. The van der Waals surface area contributed by atoms with Gasteiger partial charge in [-0.1, -0.05) is 24.3 Å². The Hall–Kier alpha value is -2.89. The molecule has 1 atom stereocenters. The van der Waals surface area contributed by atoms with E-state index in [1.807, 2.05) is 39.0 Å². The molecule has 5 nitrogen and oxygen atoms in total. The van der Waals surface area contributed by atoms with Crippen LogP contribution in [-0.4, -0.2) is 25.0 Å². The number of nitrogens with zero attached hydrogens (tertiary/aromatic N) is 1. The van der Waals surface area contributed by atoms with Crippen molar-refractivity contribution < 1.29 is 9.18 Å². The second-order valence-corrected chi connectivity index (χ2v) is 6.63. The number of benzene rings is 2. The molecule has 0 aliphatic rings. The van der Waals surface area contributed by atoms with Crippen LogP contribution in [0.2, 0.25) is 0 Å². The number of aliphatic imine (C=N–C) groups is 1. The molecule has 2 rings (SSSR count). The minimum Gasteiger partial charge on any atom is -0.357 e. The van der Waals surface area contributed by atoms with Crippen molar-refractivity contribution in [2.24, 2.45) is 4.99 Å². The third-order valence-corrected chi connectivity index (χ3v) is 4.37. The predicted molar refractivity (Wildman–Crippen MR) is 112 cm³/mol. The average molecular weight is 384 g/mol. The van der Waals surface area contributed by atoms with E-state index in [9.17, 15) is 9.18 Å². The first kappa shape index (κ1) is 21.4. The molecule has 0 aromatic heterocycles. The molecule has 1 amide bonds. The fourth-order valence-electron chi connectivity index (χ4n) is 2.68. The van der Waals surface area contributed by atoms with Gasteiger partial charge in [0.05, 0.1) is 12.6 Å². The number of hydrogen-bond acceptors (Lipinski definition) is 2. The Morgan fingerprint density at radius 1 is 1.07 bits per heavy atom. The zero-order valence-corrected chi connectivity index (χ0v) is 17.0. The summed E-state index contributed by atoms with van der Waals surface area (Å²) in [7, 11) is 0. The van der Waals surface area contributed by atoms with Crippen LogP contribution in [0.4, 0.5) is 4.39 Å². The molecule has 0 aliphatic carbocycles. The Bertz CT molecular complexity index is 818. The van der Waals surface area contributed by atoms with Crippen LogP contribution in [0.15, 0.2) is 47.5 Å². The number of guanidine groups is 1.